The van der Waals surface area contributed by atoms with Crippen LogP contribution in [0.4, 0.5) is 10.1 Å². The summed E-state index contributed by atoms with van der Waals surface area (Å²) in [5.41, 5.74) is 0.183. The normalized spacial score (nSPS) is 15.9. The Bertz CT molecular complexity index is 895. The van der Waals surface area contributed by atoms with Gasteiger partial charge in [0, 0.05) is 18.8 Å². The van der Waals surface area contributed by atoms with E-state index in [-0.39, 0.29) is 32.0 Å². The fourth-order valence-corrected chi connectivity index (χ4v) is 4.77. The van der Waals surface area contributed by atoms with Crippen LogP contribution in [0.5, 0.6) is 0 Å². The first-order chi connectivity index (χ1) is 11.9. The number of rotatable bonds is 4. The van der Waals surface area contributed by atoms with Crippen molar-refractivity contribution in [1.82, 2.24) is 4.31 Å². The second kappa shape index (κ2) is 7.38. The number of sulfonamides is 1. The number of benzene rings is 1. The number of anilines is 1. The van der Waals surface area contributed by atoms with Crippen molar-refractivity contribution in [2.45, 2.75) is 4.90 Å². The van der Waals surface area contributed by atoms with Crippen LogP contribution in [0.3, 0.4) is 0 Å². The predicted octanol–water partition coefficient (Wildman–Crippen LogP) is 2.81. The number of morpholine rings is 1. The predicted molar refractivity (Wildman–Crippen MR) is 93.3 cm³/mol. The van der Waals surface area contributed by atoms with Crippen LogP contribution in [0, 0.1) is 5.82 Å². The first-order valence-electron chi connectivity index (χ1n) is 7.32. The summed E-state index contributed by atoms with van der Waals surface area (Å²) < 4.78 is 46.1. The molecule has 25 heavy (non-hydrogen) atoms. The standard InChI is InChI=1S/C15H14ClFN2O4S2/c16-14-4-3-12(24-14)15(20)18-10-1-2-11(17)13(9-10)25(21,22)19-5-7-23-8-6-19/h1-4,9H,5-8H2,(H,18,20). The second-order valence-corrected chi connectivity index (χ2v) is 8.84. The van der Waals surface area contributed by atoms with Crippen LogP contribution in [0.2, 0.25) is 4.34 Å². The van der Waals surface area contributed by atoms with E-state index in [2.05, 4.69) is 5.32 Å². The zero-order chi connectivity index (χ0) is 18.0. The van der Waals surface area contributed by atoms with Crippen molar-refractivity contribution in [2.75, 3.05) is 31.6 Å². The van der Waals surface area contributed by atoms with Gasteiger partial charge in [-0.1, -0.05) is 11.6 Å². The summed E-state index contributed by atoms with van der Waals surface area (Å²) in [7, 11) is -4.00. The number of ether oxygens (including phenoxy) is 1. The van der Waals surface area contributed by atoms with Crippen LogP contribution < -0.4 is 5.32 Å². The zero-order valence-electron chi connectivity index (χ0n) is 12.9. The number of nitrogens with zero attached hydrogens (tertiary/aromatic N) is 1. The minimum atomic E-state index is -4.00. The molecular weight excluding hydrogens is 391 g/mol. The first-order valence-corrected chi connectivity index (χ1v) is 9.95. The molecule has 0 unspecified atom stereocenters. The van der Waals surface area contributed by atoms with E-state index in [0.29, 0.717) is 9.21 Å². The van der Waals surface area contributed by atoms with E-state index >= 15 is 0 Å². The molecule has 3 rings (SSSR count). The minimum absolute atomic E-state index is 0.159. The highest BCUT2D eigenvalue weighted by Gasteiger charge is 2.29. The topological polar surface area (TPSA) is 75.7 Å². The van der Waals surface area contributed by atoms with Crippen molar-refractivity contribution in [2.24, 2.45) is 0 Å². The molecule has 1 aromatic carbocycles. The van der Waals surface area contributed by atoms with Gasteiger partial charge in [0.05, 0.1) is 22.4 Å². The summed E-state index contributed by atoms with van der Waals surface area (Å²) in [6, 6.07) is 6.58. The molecule has 1 amide bonds. The highest BCUT2D eigenvalue weighted by molar-refractivity contribution is 7.89. The Balaban J connectivity index is 1.86. The van der Waals surface area contributed by atoms with Crippen molar-refractivity contribution in [1.29, 1.82) is 0 Å². The Morgan fingerprint density at radius 3 is 2.60 bits per heavy atom. The third-order valence-electron chi connectivity index (χ3n) is 3.57. The molecule has 1 saturated heterocycles. The molecule has 6 nitrogen and oxygen atoms in total. The molecule has 0 spiro atoms. The zero-order valence-corrected chi connectivity index (χ0v) is 15.3. The van der Waals surface area contributed by atoms with E-state index in [1.165, 1.54) is 10.4 Å². The van der Waals surface area contributed by atoms with E-state index in [1.54, 1.807) is 12.1 Å². The first kappa shape index (κ1) is 18.3. The van der Waals surface area contributed by atoms with Crippen LogP contribution >= 0.6 is 22.9 Å². The molecular formula is C15H14ClFN2O4S2. The van der Waals surface area contributed by atoms with Crippen molar-refractivity contribution < 1.29 is 22.3 Å². The van der Waals surface area contributed by atoms with Crippen molar-refractivity contribution in [3.05, 3.63) is 45.4 Å². The number of hydrogen-bond acceptors (Lipinski definition) is 5. The van der Waals surface area contributed by atoms with Gasteiger partial charge in [-0.25, -0.2) is 12.8 Å². The lowest BCUT2D eigenvalue weighted by Gasteiger charge is -2.26. The maximum absolute atomic E-state index is 14.1. The smallest absolute Gasteiger partial charge is 0.265 e. The van der Waals surface area contributed by atoms with Gasteiger partial charge in [-0.05, 0) is 30.3 Å². The fraction of sp³-hybridized carbons (Fsp3) is 0.267. The molecule has 0 atom stereocenters. The van der Waals surface area contributed by atoms with Gasteiger partial charge in [0.2, 0.25) is 10.0 Å². The number of carbonyl (C=O) groups excluding carboxylic acids is 1. The number of amides is 1. The quantitative estimate of drug-likeness (QED) is 0.850. The molecule has 2 aromatic rings. The molecule has 1 N–H and O–H groups in total. The van der Waals surface area contributed by atoms with Crippen LogP contribution in [-0.4, -0.2) is 44.9 Å². The molecule has 0 aliphatic carbocycles. The molecule has 1 fully saturated rings. The Labute approximate surface area is 153 Å². The van der Waals surface area contributed by atoms with Crippen LogP contribution in [0.1, 0.15) is 9.67 Å². The van der Waals surface area contributed by atoms with E-state index in [0.717, 1.165) is 23.5 Å². The molecule has 0 bridgehead atoms. The monoisotopic (exact) mass is 404 g/mol. The van der Waals surface area contributed by atoms with Gasteiger partial charge in [-0.3, -0.25) is 4.79 Å². The molecule has 2 heterocycles. The fourth-order valence-electron chi connectivity index (χ4n) is 2.33. The van der Waals surface area contributed by atoms with Crippen LogP contribution in [0.25, 0.3) is 0 Å². The van der Waals surface area contributed by atoms with Gasteiger partial charge in [-0.2, -0.15) is 4.31 Å². The summed E-state index contributed by atoms with van der Waals surface area (Å²) in [5, 5.41) is 2.55. The van der Waals surface area contributed by atoms with Gasteiger partial charge < -0.3 is 10.1 Å². The minimum Gasteiger partial charge on any atom is -0.379 e. The van der Waals surface area contributed by atoms with Crippen LogP contribution in [-0.2, 0) is 14.8 Å². The second-order valence-electron chi connectivity index (χ2n) is 5.22. The molecule has 1 aromatic heterocycles. The highest BCUT2D eigenvalue weighted by Crippen LogP contribution is 2.26. The molecule has 134 valence electrons. The van der Waals surface area contributed by atoms with E-state index < -0.39 is 26.6 Å². The number of carbonyl (C=O) groups is 1. The summed E-state index contributed by atoms with van der Waals surface area (Å²) in [4.78, 5) is 12.0. The maximum atomic E-state index is 14.1. The number of nitrogens with one attached hydrogen (secondary N) is 1. The largest absolute Gasteiger partial charge is 0.379 e. The lowest BCUT2D eigenvalue weighted by molar-refractivity contribution is 0.0729. The van der Waals surface area contributed by atoms with Crippen LogP contribution in [0.15, 0.2) is 35.2 Å². The lowest BCUT2D eigenvalue weighted by Crippen LogP contribution is -2.40. The molecule has 10 heteroatoms. The maximum Gasteiger partial charge on any atom is 0.265 e. The number of halogens is 2. The Kier molecular flexibility index (Phi) is 5.40. The molecule has 1 aliphatic rings. The summed E-state index contributed by atoms with van der Waals surface area (Å²) in [6.45, 7) is 0.838. The molecule has 0 radical (unpaired) electrons. The Morgan fingerprint density at radius 1 is 1.24 bits per heavy atom. The average molecular weight is 405 g/mol. The average Bonchev–Trinajstić information content (AvgIpc) is 3.04. The van der Waals surface area contributed by atoms with Crippen molar-refractivity contribution >= 4 is 44.6 Å². The number of hydrogen-bond donors (Lipinski definition) is 1. The molecule has 0 saturated carbocycles. The SMILES string of the molecule is O=C(Nc1ccc(F)c(S(=O)(=O)N2CCOCC2)c1)c1ccc(Cl)s1. The lowest BCUT2D eigenvalue weighted by atomic mass is 10.3. The van der Waals surface area contributed by atoms with Gasteiger partial charge in [0.15, 0.2) is 0 Å². The van der Waals surface area contributed by atoms with Crippen molar-refractivity contribution in [3.8, 4) is 0 Å². The highest BCUT2D eigenvalue weighted by atomic mass is 35.5. The third-order valence-corrected chi connectivity index (χ3v) is 6.72. The summed E-state index contributed by atoms with van der Waals surface area (Å²) in [5.74, 6) is -1.32. The number of thiophene rings is 1. The third kappa shape index (κ3) is 4.01. The van der Waals surface area contributed by atoms with Crippen molar-refractivity contribution in [3.63, 3.8) is 0 Å². The Morgan fingerprint density at radius 2 is 1.96 bits per heavy atom. The van der Waals surface area contributed by atoms with Gasteiger partial charge in [0.1, 0.15) is 10.7 Å². The van der Waals surface area contributed by atoms with Gasteiger partial charge in [0.25, 0.3) is 5.91 Å². The summed E-state index contributed by atoms with van der Waals surface area (Å²) in [6.07, 6.45) is 0. The Hall–Kier alpha value is -1.52. The summed E-state index contributed by atoms with van der Waals surface area (Å²) >= 11 is 6.88. The van der Waals surface area contributed by atoms with Gasteiger partial charge in [-0.15, -0.1) is 11.3 Å². The van der Waals surface area contributed by atoms with E-state index in [1.807, 2.05) is 0 Å². The van der Waals surface area contributed by atoms with E-state index in [4.69, 9.17) is 16.3 Å². The molecule has 1 aliphatic heterocycles. The van der Waals surface area contributed by atoms with Gasteiger partial charge >= 0.3 is 0 Å². The van der Waals surface area contributed by atoms with E-state index in [9.17, 15) is 17.6 Å².